The lowest BCUT2D eigenvalue weighted by Gasteiger charge is -2.30. The van der Waals surface area contributed by atoms with Gasteiger partial charge >= 0.3 is 6.03 Å². The van der Waals surface area contributed by atoms with E-state index in [9.17, 15) is 14.0 Å². The lowest BCUT2D eigenvalue weighted by molar-refractivity contribution is -0.133. The quantitative estimate of drug-likeness (QED) is 0.719. The first-order valence-electron chi connectivity index (χ1n) is 9.79. The molecule has 0 aliphatic rings. The van der Waals surface area contributed by atoms with Crippen molar-refractivity contribution in [1.29, 1.82) is 0 Å². The minimum Gasteiger partial charge on any atom is -0.467 e. The van der Waals surface area contributed by atoms with E-state index in [4.69, 9.17) is 4.42 Å². The fourth-order valence-electron chi connectivity index (χ4n) is 2.82. The first-order valence-corrected chi connectivity index (χ1v) is 9.79. The molecule has 1 aromatic heterocycles. The van der Waals surface area contributed by atoms with Gasteiger partial charge in [0.1, 0.15) is 18.1 Å². The van der Waals surface area contributed by atoms with E-state index in [0.29, 0.717) is 18.8 Å². The summed E-state index contributed by atoms with van der Waals surface area (Å²) in [5, 5.41) is 2.91. The second-order valence-corrected chi connectivity index (χ2v) is 8.06. The predicted octanol–water partition coefficient (Wildman–Crippen LogP) is 4.17. The van der Waals surface area contributed by atoms with E-state index in [1.54, 1.807) is 35.4 Å². The van der Waals surface area contributed by atoms with Gasteiger partial charge in [0.2, 0.25) is 5.91 Å². The van der Waals surface area contributed by atoms with Crippen LogP contribution in [-0.2, 0) is 17.9 Å². The van der Waals surface area contributed by atoms with E-state index in [0.717, 1.165) is 12.0 Å². The molecule has 158 valence electrons. The molecular weight excluding hydrogens is 373 g/mol. The number of carbonyl (C=O) groups excluding carboxylic acids is 2. The van der Waals surface area contributed by atoms with Gasteiger partial charge in [-0.25, -0.2) is 9.18 Å². The van der Waals surface area contributed by atoms with Gasteiger partial charge in [-0.1, -0.05) is 19.1 Å². The van der Waals surface area contributed by atoms with Gasteiger partial charge in [-0.05, 0) is 57.0 Å². The Balaban J connectivity index is 2.15. The molecule has 2 aromatic rings. The summed E-state index contributed by atoms with van der Waals surface area (Å²) in [6.45, 7) is 8.64. The summed E-state index contributed by atoms with van der Waals surface area (Å²) in [6.07, 6.45) is 2.29. The standard InChI is InChI=1S/C22H30FN3O3/c1-5-12-25(21(28)24-22(2,3)4)16-20(27)26(15-19-7-6-13-29-19)14-17-8-10-18(23)11-9-17/h6-11,13H,5,12,14-16H2,1-4H3,(H,24,28). The summed E-state index contributed by atoms with van der Waals surface area (Å²) in [6, 6.07) is 9.31. The maximum atomic E-state index is 13.2. The number of carbonyl (C=O) groups is 2. The molecule has 0 atom stereocenters. The average Bonchev–Trinajstić information content (AvgIpc) is 3.14. The molecule has 29 heavy (non-hydrogen) atoms. The topological polar surface area (TPSA) is 65.8 Å². The van der Waals surface area contributed by atoms with Gasteiger partial charge in [0.15, 0.2) is 0 Å². The summed E-state index contributed by atoms with van der Waals surface area (Å²) in [4.78, 5) is 28.8. The molecule has 0 fully saturated rings. The van der Waals surface area contributed by atoms with Crippen LogP contribution < -0.4 is 5.32 Å². The number of urea groups is 1. The number of nitrogens with one attached hydrogen (secondary N) is 1. The van der Waals surface area contributed by atoms with Crippen LogP contribution in [0.15, 0.2) is 47.1 Å². The Bertz CT molecular complexity index is 783. The molecule has 0 saturated heterocycles. The highest BCUT2D eigenvalue weighted by molar-refractivity contribution is 5.84. The van der Waals surface area contributed by atoms with Gasteiger partial charge < -0.3 is 19.5 Å². The Kier molecular flexibility index (Phi) is 7.82. The van der Waals surface area contributed by atoms with E-state index in [1.807, 2.05) is 27.7 Å². The molecule has 7 heteroatoms. The van der Waals surface area contributed by atoms with Crippen LogP contribution in [0.4, 0.5) is 9.18 Å². The number of amides is 3. The van der Waals surface area contributed by atoms with Crippen molar-refractivity contribution in [2.75, 3.05) is 13.1 Å². The maximum absolute atomic E-state index is 13.2. The van der Waals surface area contributed by atoms with Crippen LogP contribution >= 0.6 is 0 Å². The number of halogens is 1. The zero-order valence-corrected chi connectivity index (χ0v) is 17.6. The minimum atomic E-state index is -0.395. The minimum absolute atomic E-state index is 0.0440. The number of benzene rings is 1. The predicted molar refractivity (Wildman–Crippen MR) is 110 cm³/mol. The van der Waals surface area contributed by atoms with E-state index >= 15 is 0 Å². The van der Waals surface area contributed by atoms with E-state index < -0.39 is 5.54 Å². The van der Waals surface area contributed by atoms with Gasteiger partial charge in [-0.15, -0.1) is 0 Å². The number of rotatable bonds is 8. The van der Waals surface area contributed by atoms with Gasteiger partial charge in [0, 0.05) is 18.6 Å². The Hall–Kier alpha value is -2.83. The molecule has 1 heterocycles. The lowest BCUT2D eigenvalue weighted by atomic mass is 10.1. The smallest absolute Gasteiger partial charge is 0.318 e. The Morgan fingerprint density at radius 2 is 1.76 bits per heavy atom. The van der Waals surface area contributed by atoms with Crippen LogP contribution in [0.2, 0.25) is 0 Å². The Labute approximate surface area is 171 Å². The van der Waals surface area contributed by atoms with Crippen LogP contribution in [0.3, 0.4) is 0 Å². The Morgan fingerprint density at radius 1 is 1.07 bits per heavy atom. The average molecular weight is 403 g/mol. The summed E-state index contributed by atoms with van der Waals surface area (Å²) in [5.41, 5.74) is 0.404. The zero-order valence-electron chi connectivity index (χ0n) is 17.6. The second kappa shape index (κ2) is 10.1. The van der Waals surface area contributed by atoms with Crippen LogP contribution in [-0.4, -0.2) is 40.4 Å². The largest absolute Gasteiger partial charge is 0.467 e. The van der Waals surface area contributed by atoms with Gasteiger partial charge in [0.25, 0.3) is 0 Å². The van der Waals surface area contributed by atoms with Crippen LogP contribution in [0.5, 0.6) is 0 Å². The SMILES string of the molecule is CCCN(CC(=O)N(Cc1ccc(F)cc1)Cc1ccco1)C(=O)NC(C)(C)C. The molecule has 0 radical (unpaired) electrons. The van der Waals surface area contributed by atoms with E-state index in [-0.39, 0.29) is 30.8 Å². The van der Waals surface area contributed by atoms with Crippen molar-refractivity contribution in [1.82, 2.24) is 15.1 Å². The molecule has 0 unspecified atom stereocenters. The molecule has 0 spiro atoms. The van der Waals surface area contributed by atoms with Crippen molar-refractivity contribution in [3.63, 3.8) is 0 Å². The third kappa shape index (κ3) is 7.60. The van der Waals surface area contributed by atoms with Gasteiger partial charge in [0.05, 0.1) is 12.8 Å². The number of hydrogen-bond donors (Lipinski definition) is 1. The summed E-state index contributed by atoms with van der Waals surface area (Å²) in [5.74, 6) is 0.107. The van der Waals surface area contributed by atoms with E-state index in [1.165, 1.54) is 17.0 Å². The van der Waals surface area contributed by atoms with Crippen molar-refractivity contribution < 1.29 is 18.4 Å². The molecule has 0 aliphatic carbocycles. The maximum Gasteiger partial charge on any atom is 0.318 e. The van der Waals surface area contributed by atoms with Crippen LogP contribution in [0, 0.1) is 5.82 Å². The van der Waals surface area contributed by atoms with Gasteiger partial charge in [-0.3, -0.25) is 4.79 Å². The molecular formula is C22H30FN3O3. The molecule has 2 rings (SSSR count). The molecule has 1 aromatic carbocycles. The highest BCUT2D eigenvalue weighted by Crippen LogP contribution is 2.13. The van der Waals surface area contributed by atoms with Crippen molar-refractivity contribution in [2.45, 2.75) is 52.7 Å². The van der Waals surface area contributed by atoms with Crippen LogP contribution in [0.1, 0.15) is 45.4 Å². The van der Waals surface area contributed by atoms with Crippen molar-refractivity contribution >= 4 is 11.9 Å². The zero-order chi connectivity index (χ0) is 21.4. The third-order valence-corrected chi connectivity index (χ3v) is 4.15. The molecule has 3 amide bonds. The second-order valence-electron chi connectivity index (χ2n) is 8.06. The summed E-state index contributed by atoms with van der Waals surface area (Å²) >= 11 is 0. The van der Waals surface area contributed by atoms with Crippen molar-refractivity contribution in [2.24, 2.45) is 0 Å². The summed E-state index contributed by atoms with van der Waals surface area (Å²) < 4.78 is 18.6. The lowest BCUT2D eigenvalue weighted by Crippen LogP contribution is -2.51. The molecule has 6 nitrogen and oxygen atoms in total. The number of nitrogens with zero attached hydrogens (tertiary/aromatic N) is 2. The fraction of sp³-hybridized carbons (Fsp3) is 0.455. The molecule has 0 aliphatic heterocycles. The van der Waals surface area contributed by atoms with Crippen LogP contribution in [0.25, 0.3) is 0 Å². The third-order valence-electron chi connectivity index (χ3n) is 4.15. The normalized spacial score (nSPS) is 11.2. The van der Waals surface area contributed by atoms with E-state index in [2.05, 4.69) is 5.32 Å². The molecule has 1 N–H and O–H groups in total. The highest BCUT2D eigenvalue weighted by atomic mass is 19.1. The Morgan fingerprint density at radius 3 is 2.31 bits per heavy atom. The summed E-state index contributed by atoms with van der Waals surface area (Å²) in [7, 11) is 0. The van der Waals surface area contributed by atoms with Gasteiger partial charge in [-0.2, -0.15) is 0 Å². The van der Waals surface area contributed by atoms with Crippen molar-refractivity contribution in [3.05, 3.63) is 59.8 Å². The first-order chi connectivity index (χ1) is 13.7. The monoisotopic (exact) mass is 403 g/mol. The first kappa shape index (κ1) is 22.5. The fourth-order valence-corrected chi connectivity index (χ4v) is 2.82. The van der Waals surface area contributed by atoms with Crippen molar-refractivity contribution in [3.8, 4) is 0 Å². The highest BCUT2D eigenvalue weighted by Gasteiger charge is 2.24. The molecule has 0 bridgehead atoms. The number of hydrogen-bond acceptors (Lipinski definition) is 3. The number of furan rings is 1. The molecule has 0 saturated carbocycles.